The summed E-state index contributed by atoms with van der Waals surface area (Å²) in [6, 6.07) is 6.85. The van der Waals surface area contributed by atoms with E-state index in [1.54, 1.807) is 0 Å². The number of hydrogen-bond donors (Lipinski definition) is 0. The smallest absolute Gasteiger partial charge is 0.143 e. The molecule has 22 heavy (non-hydrogen) atoms. The minimum absolute atomic E-state index is 0.425. The highest BCUT2D eigenvalue weighted by Crippen LogP contribution is 2.35. The van der Waals surface area contributed by atoms with Crippen molar-refractivity contribution in [2.45, 2.75) is 51.6 Å². The van der Waals surface area contributed by atoms with Gasteiger partial charge in [-0.2, -0.15) is 0 Å². The molecule has 0 bridgehead atoms. The summed E-state index contributed by atoms with van der Waals surface area (Å²) in [5.41, 5.74) is 2.68. The monoisotopic (exact) mass is 302 g/mol. The average molecular weight is 302 g/mol. The molecule has 0 radical (unpaired) electrons. The second-order valence-electron chi connectivity index (χ2n) is 7.20. The summed E-state index contributed by atoms with van der Waals surface area (Å²) in [5.74, 6) is 1.66. The lowest BCUT2D eigenvalue weighted by atomic mass is 10.0. The predicted molar refractivity (Wildman–Crippen MR) is 93.1 cm³/mol. The highest BCUT2D eigenvalue weighted by atomic mass is 16.5. The Kier molecular flexibility index (Phi) is 4.92. The number of likely N-dealkylation sites (N-methyl/N-ethyl adjacent to an activating group) is 1. The van der Waals surface area contributed by atoms with Gasteiger partial charge >= 0.3 is 0 Å². The van der Waals surface area contributed by atoms with Crippen molar-refractivity contribution in [2.24, 2.45) is 0 Å². The van der Waals surface area contributed by atoms with Crippen LogP contribution in [0, 0.1) is 0 Å². The summed E-state index contributed by atoms with van der Waals surface area (Å²) in [7, 11) is 2.20. The fourth-order valence-corrected chi connectivity index (χ4v) is 3.48. The van der Waals surface area contributed by atoms with Crippen molar-refractivity contribution in [3.8, 4) is 5.75 Å². The van der Waals surface area contributed by atoms with Crippen LogP contribution in [0.1, 0.15) is 51.0 Å². The topological polar surface area (TPSA) is 15.7 Å². The Morgan fingerprint density at radius 3 is 2.36 bits per heavy atom. The lowest BCUT2D eigenvalue weighted by molar-refractivity contribution is 0.209. The third-order valence-corrected chi connectivity index (χ3v) is 5.09. The molecule has 122 valence electrons. The number of nitrogens with zero attached hydrogens (tertiary/aromatic N) is 2. The highest BCUT2D eigenvalue weighted by Gasteiger charge is 2.22. The van der Waals surface area contributed by atoms with E-state index in [0.29, 0.717) is 12.0 Å². The lowest BCUT2D eigenvalue weighted by Crippen LogP contribution is -2.44. The molecule has 1 saturated heterocycles. The molecule has 1 aromatic rings. The summed E-state index contributed by atoms with van der Waals surface area (Å²) >= 11 is 0. The molecule has 1 aromatic carbocycles. The van der Waals surface area contributed by atoms with Gasteiger partial charge in [-0.3, -0.25) is 0 Å². The third kappa shape index (κ3) is 3.57. The Bertz CT molecular complexity index is 486. The van der Waals surface area contributed by atoms with Gasteiger partial charge in [-0.15, -0.1) is 0 Å². The predicted octanol–water partition coefficient (Wildman–Crippen LogP) is 3.88. The lowest BCUT2D eigenvalue weighted by Gasteiger charge is -2.35. The molecule has 1 aliphatic carbocycles. The van der Waals surface area contributed by atoms with Gasteiger partial charge in [-0.05, 0) is 56.3 Å². The van der Waals surface area contributed by atoms with Crippen LogP contribution in [-0.2, 0) is 0 Å². The molecule has 0 aromatic heterocycles. The van der Waals surface area contributed by atoms with Crippen molar-refractivity contribution in [2.75, 3.05) is 38.1 Å². The number of piperazine rings is 1. The maximum Gasteiger partial charge on any atom is 0.143 e. The van der Waals surface area contributed by atoms with E-state index in [-0.39, 0.29) is 0 Å². The Morgan fingerprint density at radius 1 is 1.05 bits per heavy atom. The van der Waals surface area contributed by atoms with Crippen molar-refractivity contribution in [3.63, 3.8) is 0 Å². The van der Waals surface area contributed by atoms with E-state index in [0.717, 1.165) is 31.9 Å². The van der Waals surface area contributed by atoms with Gasteiger partial charge in [0.2, 0.25) is 0 Å². The molecule has 0 spiro atoms. The summed E-state index contributed by atoms with van der Waals surface area (Å²) in [6.07, 6.45) is 5.49. The number of ether oxygens (including phenoxy) is 1. The third-order valence-electron chi connectivity index (χ3n) is 5.09. The van der Waals surface area contributed by atoms with E-state index in [2.05, 4.69) is 48.9 Å². The second kappa shape index (κ2) is 6.91. The molecule has 3 rings (SSSR count). The van der Waals surface area contributed by atoms with Gasteiger partial charge in [0.25, 0.3) is 0 Å². The van der Waals surface area contributed by atoms with Crippen LogP contribution in [0.5, 0.6) is 5.75 Å². The van der Waals surface area contributed by atoms with E-state index in [1.807, 2.05) is 0 Å². The quantitative estimate of drug-likeness (QED) is 0.839. The maximum absolute atomic E-state index is 6.42. The minimum atomic E-state index is 0.425. The maximum atomic E-state index is 6.42. The first kappa shape index (κ1) is 15.7. The number of anilines is 1. The molecular weight excluding hydrogens is 272 g/mol. The molecule has 3 nitrogen and oxygen atoms in total. The first-order valence-corrected chi connectivity index (χ1v) is 8.87. The molecule has 1 saturated carbocycles. The molecule has 3 heteroatoms. The number of hydrogen-bond acceptors (Lipinski definition) is 3. The SMILES string of the molecule is CC(C)c1ccc(N2CCN(C)CC2)c(OC2CCCC2)c1. The van der Waals surface area contributed by atoms with Gasteiger partial charge < -0.3 is 14.5 Å². The van der Waals surface area contributed by atoms with Crippen LogP contribution in [0.15, 0.2) is 18.2 Å². The van der Waals surface area contributed by atoms with Gasteiger partial charge in [0.05, 0.1) is 11.8 Å². The van der Waals surface area contributed by atoms with Crippen molar-refractivity contribution in [1.82, 2.24) is 4.90 Å². The molecule has 2 fully saturated rings. The molecule has 0 N–H and O–H groups in total. The Morgan fingerprint density at radius 2 is 1.73 bits per heavy atom. The molecule has 2 aliphatic rings. The zero-order valence-corrected chi connectivity index (χ0v) is 14.3. The Balaban J connectivity index is 1.83. The molecule has 0 unspecified atom stereocenters. The average Bonchev–Trinajstić information content (AvgIpc) is 3.01. The van der Waals surface area contributed by atoms with Crippen molar-refractivity contribution in [3.05, 3.63) is 23.8 Å². The van der Waals surface area contributed by atoms with Crippen LogP contribution < -0.4 is 9.64 Å². The first-order chi connectivity index (χ1) is 10.6. The second-order valence-corrected chi connectivity index (χ2v) is 7.20. The minimum Gasteiger partial charge on any atom is -0.488 e. The summed E-state index contributed by atoms with van der Waals surface area (Å²) in [4.78, 5) is 4.89. The van der Waals surface area contributed by atoms with Crippen LogP contribution in [-0.4, -0.2) is 44.2 Å². The van der Waals surface area contributed by atoms with Crippen LogP contribution in [0.3, 0.4) is 0 Å². The Labute approximate surface area is 135 Å². The largest absolute Gasteiger partial charge is 0.488 e. The van der Waals surface area contributed by atoms with Gasteiger partial charge in [-0.1, -0.05) is 19.9 Å². The van der Waals surface area contributed by atoms with Crippen LogP contribution in [0.2, 0.25) is 0 Å². The van der Waals surface area contributed by atoms with Crippen LogP contribution >= 0.6 is 0 Å². The van der Waals surface area contributed by atoms with Crippen LogP contribution in [0.4, 0.5) is 5.69 Å². The molecule has 0 atom stereocenters. The number of benzene rings is 1. The van der Waals surface area contributed by atoms with Gasteiger partial charge in [0, 0.05) is 26.2 Å². The molecule has 1 aliphatic heterocycles. The summed E-state index contributed by atoms with van der Waals surface area (Å²) in [5, 5.41) is 0. The van der Waals surface area contributed by atoms with E-state index in [4.69, 9.17) is 4.74 Å². The van der Waals surface area contributed by atoms with Crippen molar-refractivity contribution >= 4 is 5.69 Å². The fourth-order valence-electron chi connectivity index (χ4n) is 3.48. The molecular formula is C19H30N2O. The highest BCUT2D eigenvalue weighted by molar-refractivity contribution is 5.60. The first-order valence-electron chi connectivity index (χ1n) is 8.87. The van der Waals surface area contributed by atoms with E-state index < -0.39 is 0 Å². The Hall–Kier alpha value is -1.22. The van der Waals surface area contributed by atoms with Gasteiger partial charge in [0.1, 0.15) is 5.75 Å². The van der Waals surface area contributed by atoms with E-state index >= 15 is 0 Å². The summed E-state index contributed by atoms with van der Waals surface area (Å²) < 4.78 is 6.42. The van der Waals surface area contributed by atoms with E-state index in [1.165, 1.54) is 36.9 Å². The molecule has 1 heterocycles. The summed E-state index contributed by atoms with van der Waals surface area (Å²) in [6.45, 7) is 8.97. The fraction of sp³-hybridized carbons (Fsp3) is 0.684. The standard InChI is InChI=1S/C19H30N2O/c1-15(2)16-8-9-18(21-12-10-20(3)11-13-21)19(14-16)22-17-6-4-5-7-17/h8-9,14-15,17H,4-7,10-13H2,1-3H3. The van der Waals surface area contributed by atoms with Crippen molar-refractivity contribution < 1.29 is 4.74 Å². The van der Waals surface area contributed by atoms with Gasteiger partial charge in [-0.25, -0.2) is 0 Å². The number of rotatable bonds is 4. The normalized spacial score (nSPS) is 20.8. The van der Waals surface area contributed by atoms with Gasteiger partial charge in [0.15, 0.2) is 0 Å². The zero-order valence-electron chi connectivity index (χ0n) is 14.3. The van der Waals surface area contributed by atoms with E-state index in [9.17, 15) is 0 Å². The van der Waals surface area contributed by atoms with Crippen molar-refractivity contribution in [1.29, 1.82) is 0 Å². The molecule has 0 amide bonds. The van der Waals surface area contributed by atoms with Crippen LogP contribution in [0.25, 0.3) is 0 Å². The zero-order chi connectivity index (χ0) is 15.5.